The van der Waals surface area contributed by atoms with Gasteiger partial charge in [-0.15, -0.1) is 0 Å². The van der Waals surface area contributed by atoms with E-state index in [0.717, 1.165) is 37.6 Å². The van der Waals surface area contributed by atoms with Gasteiger partial charge in [-0.3, -0.25) is 0 Å². The van der Waals surface area contributed by atoms with Gasteiger partial charge in [0.2, 0.25) is 0 Å². The normalized spacial score (nSPS) is 24.6. The second kappa shape index (κ2) is 4.73. The smallest absolute Gasteiger partial charge is 0.109 e. The van der Waals surface area contributed by atoms with Gasteiger partial charge in [-0.2, -0.15) is 0 Å². The monoisotopic (exact) mass is 244 g/mol. The van der Waals surface area contributed by atoms with Crippen molar-refractivity contribution in [2.24, 2.45) is 0 Å². The fourth-order valence-electron chi connectivity index (χ4n) is 3.07. The number of fused-ring (bicyclic) bond motifs is 1. The number of hydrogen-bond acceptors (Lipinski definition) is 2. The predicted molar refractivity (Wildman–Crippen MR) is 72.6 cm³/mol. The summed E-state index contributed by atoms with van der Waals surface area (Å²) >= 11 is 0. The number of nitrogens with zero attached hydrogens (tertiary/aromatic N) is 2. The van der Waals surface area contributed by atoms with Crippen molar-refractivity contribution < 1.29 is 5.11 Å². The Labute approximate surface area is 107 Å². The van der Waals surface area contributed by atoms with Gasteiger partial charge in [0.1, 0.15) is 5.82 Å². The predicted octanol–water partition coefficient (Wildman–Crippen LogP) is 3.07. The lowest BCUT2D eigenvalue weighted by Crippen LogP contribution is -2.22. The lowest BCUT2D eigenvalue weighted by atomic mass is 9.92. The molecular weight excluding hydrogens is 224 g/mol. The Kier molecular flexibility index (Phi) is 3.08. The van der Waals surface area contributed by atoms with E-state index in [1.165, 1.54) is 11.3 Å². The lowest BCUT2D eigenvalue weighted by Gasteiger charge is -2.28. The molecule has 0 atom stereocenters. The molecule has 0 amide bonds. The van der Waals surface area contributed by atoms with Gasteiger partial charge >= 0.3 is 0 Å². The van der Waals surface area contributed by atoms with Gasteiger partial charge in [0.15, 0.2) is 0 Å². The van der Waals surface area contributed by atoms with Crippen LogP contribution in [0.2, 0.25) is 0 Å². The van der Waals surface area contributed by atoms with Crippen LogP contribution in [-0.2, 0) is 6.42 Å². The number of aliphatic hydroxyl groups is 1. The Balaban J connectivity index is 2.04. The molecule has 1 heterocycles. The molecule has 0 radical (unpaired) electrons. The SMILES string of the molecule is CCc1nc2ccccc2n1C1CCC(O)CC1. The van der Waals surface area contributed by atoms with Crippen molar-refractivity contribution >= 4 is 11.0 Å². The minimum absolute atomic E-state index is 0.0962. The molecule has 0 unspecified atom stereocenters. The molecule has 1 aromatic carbocycles. The molecule has 0 spiro atoms. The van der Waals surface area contributed by atoms with Crippen LogP contribution in [0.25, 0.3) is 11.0 Å². The molecule has 0 bridgehead atoms. The van der Waals surface area contributed by atoms with Gasteiger partial charge in [-0.1, -0.05) is 19.1 Å². The molecule has 2 aromatic rings. The number of aryl methyl sites for hydroxylation is 1. The molecule has 3 nitrogen and oxygen atoms in total. The van der Waals surface area contributed by atoms with Crippen LogP contribution < -0.4 is 0 Å². The fourth-order valence-corrected chi connectivity index (χ4v) is 3.07. The van der Waals surface area contributed by atoms with E-state index in [-0.39, 0.29) is 6.10 Å². The first-order chi connectivity index (χ1) is 8.79. The zero-order valence-corrected chi connectivity index (χ0v) is 10.8. The van der Waals surface area contributed by atoms with Crippen LogP contribution in [-0.4, -0.2) is 20.8 Å². The van der Waals surface area contributed by atoms with E-state index in [4.69, 9.17) is 4.98 Å². The summed E-state index contributed by atoms with van der Waals surface area (Å²) in [5.74, 6) is 1.18. The van der Waals surface area contributed by atoms with Crippen molar-refractivity contribution in [1.82, 2.24) is 9.55 Å². The third-order valence-corrected chi connectivity index (χ3v) is 4.02. The second-order valence-electron chi connectivity index (χ2n) is 5.20. The van der Waals surface area contributed by atoms with Crippen LogP contribution in [0.4, 0.5) is 0 Å². The number of aromatic nitrogens is 2. The van der Waals surface area contributed by atoms with E-state index in [2.05, 4.69) is 29.7 Å². The quantitative estimate of drug-likeness (QED) is 0.881. The maximum Gasteiger partial charge on any atom is 0.109 e. The minimum atomic E-state index is -0.0962. The average molecular weight is 244 g/mol. The summed E-state index contributed by atoms with van der Waals surface area (Å²) in [6.07, 6.45) is 4.83. The van der Waals surface area contributed by atoms with Gasteiger partial charge in [0, 0.05) is 12.5 Å². The first-order valence-corrected chi connectivity index (χ1v) is 6.93. The van der Waals surface area contributed by atoms with Gasteiger partial charge in [-0.05, 0) is 37.8 Å². The maximum absolute atomic E-state index is 9.64. The molecule has 1 fully saturated rings. The third kappa shape index (κ3) is 1.93. The highest BCUT2D eigenvalue weighted by Gasteiger charge is 2.23. The topological polar surface area (TPSA) is 38.0 Å². The molecule has 1 N–H and O–H groups in total. The summed E-state index contributed by atoms with van der Waals surface area (Å²) < 4.78 is 2.40. The lowest BCUT2D eigenvalue weighted by molar-refractivity contribution is 0.111. The Morgan fingerprint density at radius 2 is 1.94 bits per heavy atom. The van der Waals surface area contributed by atoms with E-state index in [0.29, 0.717) is 6.04 Å². The zero-order valence-electron chi connectivity index (χ0n) is 10.8. The van der Waals surface area contributed by atoms with Crippen LogP contribution in [0.15, 0.2) is 24.3 Å². The number of hydrogen-bond donors (Lipinski definition) is 1. The summed E-state index contributed by atoms with van der Waals surface area (Å²) in [5.41, 5.74) is 2.34. The fraction of sp³-hybridized carbons (Fsp3) is 0.533. The van der Waals surface area contributed by atoms with E-state index in [1.807, 2.05) is 6.07 Å². The molecule has 3 heteroatoms. The van der Waals surface area contributed by atoms with Crippen LogP contribution in [0.5, 0.6) is 0 Å². The molecule has 1 aromatic heterocycles. The summed E-state index contributed by atoms with van der Waals surface area (Å²) in [7, 11) is 0. The summed E-state index contributed by atoms with van der Waals surface area (Å²) in [5, 5.41) is 9.64. The van der Waals surface area contributed by atoms with E-state index >= 15 is 0 Å². The molecule has 1 aliphatic rings. The molecular formula is C15H20N2O. The Morgan fingerprint density at radius 3 is 2.67 bits per heavy atom. The Morgan fingerprint density at radius 1 is 1.22 bits per heavy atom. The Hall–Kier alpha value is -1.35. The van der Waals surface area contributed by atoms with Crippen molar-refractivity contribution in [3.05, 3.63) is 30.1 Å². The Bertz CT molecular complexity index is 538. The van der Waals surface area contributed by atoms with Crippen molar-refractivity contribution in [3.63, 3.8) is 0 Å². The first kappa shape index (κ1) is 11.7. The molecule has 3 rings (SSSR count). The van der Waals surface area contributed by atoms with E-state index < -0.39 is 0 Å². The van der Waals surface area contributed by atoms with Crippen LogP contribution in [0, 0.1) is 0 Å². The van der Waals surface area contributed by atoms with Gasteiger partial charge < -0.3 is 9.67 Å². The van der Waals surface area contributed by atoms with E-state index in [9.17, 15) is 5.11 Å². The van der Waals surface area contributed by atoms with E-state index in [1.54, 1.807) is 0 Å². The van der Waals surface area contributed by atoms with Crippen molar-refractivity contribution in [2.75, 3.05) is 0 Å². The number of rotatable bonds is 2. The standard InChI is InChI=1S/C15H20N2O/c1-2-15-16-13-5-3-4-6-14(13)17(15)11-7-9-12(18)10-8-11/h3-6,11-12,18H,2,7-10H2,1H3. The highest BCUT2D eigenvalue weighted by molar-refractivity contribution is 5.76. The third-order valence-electron chi connectivity index (χ3n) is 4.02. The molecule has 0 saturated heterocycles. The van der Waals surface area contributed by atoms with Crippen molar-refractivity contribution in [3.8, 4) is 0 Å². The maximum atomic E-state index is 9.64. The molecule has 1 saturated carbocycles. The average Bonchev–Trinajstić information content (AvgIpc) is 2.78. The van der Waals surface area contributed by atoms with Crippen molar-refractivity contribution in [2.45, 2.75) is 51.2 Å². The van der Waals surface area contributed by atoms with Gasteiger partial charge in [0.25, 0.3) is 0 Å². The van der Waals surface area contributed by atoms with Gasteiger partial charge in [-0.25, -0.2) is 4.98 Å². The van der Waals surface area contributed by atoms with Crippen LogP contribution in [0.1, 0.15) is 44.5 Å². The second-order valence-corrected chi connectivity index (χ2v) is 5.20. The van der Waals surface area contributed by atoms with Gasteiger partial charge in [0.05, 0.1) is 17.1 Å². The summed E-state index contributed by atoms with van der Waals surface area (Å²) in [6, 6.07) is 8.88. The number of imidazole rings is 1. The van der Waals surface area contributed by atoms with Crippen LogP contribution >= 0.6 is 0 Å². The molecule has 96 valence electrons. The molecule has 18 heavy (non-hydrogen) atoms. The number of benzene rings is 1. The van der Waals surface area contributed by atoms with Crippen molar-refractivity contribution in [1.29, 1.82) is 0 Å². The largest absolute Gasteiger partial charge is 0.393 e. The van der Waals surface area contributed by atoms with Crippen LogP contribution in [0.3, 0.4) is 0 Å². The number of aliphatic hydroxyl groups excluding tert-OH is 1. The highest BCUT2D eigenvalue weighted by Crippen LogP contribution is 2.32. The first-order valence-electron chi connectivity index (χ1n) is 6.93. The summed E-state index contributed by atoms with van der Waals surface area (Å²) in [4.78, 5) is 4.73. The zero-order chi connectivity index (χ0) is 12.5. The number of para-hydroxylation sites is 2. The minimum Gasteiger partial charge on any atom is -0.393 e. The molecule has 1 aliphatic carbocycles. The summed E-state index contributed by atoms with van der Waals surface area (Å²) in [6.45, 7) is 2.16. The highest BCUT2D eigenvalue weighted by atomic mass is 16.3. The molecule has 0 aliphatic heterocycles.